The van der Waals surface area contributed by atoms with Crippen LogP contribution in [0.4, 0.5) is 0 Å². The largest absolute Gasteiger partial charge is 0.302 e. The summed E-state index contributed by atoms with van der Waals surface area (Å²) in [7, 11) is 0. The second kappa shape index (κ2) is 3.83. The summed E-state index contributed by atoms with van der Waals surface area (Å²) in [6, 6.07) is 6.81. The first kappa shape index (κ1) is 10.1. The molecule has 0 aromatic heterocycles. The van der Waals surface area contributed by atoms with Crippen molar-refractivity contribution in [3.63, 3.8) is 0 Å². The third-order valence-corrected chi connectivity index (χ3v) is 5.06. The molecule has 0 spiro atoms. The Labute approximate surface area is 81.8 Å². The van der Waals surface area contributed by atoms with Crippen LogP contribution in [0.5, 0.6) is 0 Å². The molecule has 1 aromatic carbocycles. The third kappa shape index (κ3) is 2.26. The van der Waals surface area contributed by atoms with Crippen molar-refractivity contribution in [1.29, 1.82) is 0 Å². The zero-order valence-corrected chi connectivity index (χ0v) is 9.03. The van der Waals surface area contributed by atoms with E-state index in [2.05, 4.69) is 0 Å². The first-order valence-corrected chi connectivity index (χ1v) is 6.78. The van der Waals surface area contributed by atoms with Crippen molar-refractivity contribution < 1.29 is 4.57 Å². The van der Waals surface area contributed by atoms with Crippen LogP contribution in [0.2, 0.25) is 5.02 Å². The van der Waals surface area contributed by atoms with Gasteiger partial charge in [0.15, 0.2) is 6.49 Å². The topological polar surface area (TPSA) is 17.1 Å². The van der Waals surface area contributed by atoms with Gasteiger partial charge in [0.05, 0.1) is 0 Å². The minimum atomic E-state index is -2.63. The number of hydrogen-bond acceptors (Lipinski definition) is 1. The molecule has 0 saturated carbocycles. The van der Waals surface area contributed by atoms with Crippen molar-refractivity contribution in [2.24, 2.45) is 0 Å². The van der Waals surface area contributed by atoms with Crippen LogP contribution < -0.4 is 5.30 Å². The predicted octanol–water partition coefficient (Wildman–Crippen LogP) is 3.50. The molecule has 1 aromatic rings. The van der Waals surface area contributed by atoms with Crippen LogP contribution in [0.3, 0.4) is 0 Å². The van der Waals surface area contributed by atoms with Crippen LogP contribution in [0.25, 0.3) is 0 Å². The normalized spacial score (nSPS) is 15.6. The van der Waals surface area contributed by atoms with E-state index in [1.807, 2.05) is 6.92 Å². The number of halogens is 2. The first-order chi connectivity index (χ1) is 5.56. The second-order valence-corrected chi connectivity index (χ2v) is 6.97. The van der Waals surface area contributed by atoms with E-state index in [9.17, 15) is 4.57 Å². The molecule has 1 rings (SSSR count). The molecule has 1 atom stereocenters. The minimum absolute atomic E-state index is 0.468. The van der Waals surface area contributed by atoms with Crippen LogP contribution in [0.1, 0.15) is 6.92 Å². The average Bonchev–Trinajstić information content (AvgIpc) is 2.05. The highest BCUT2D eigenvalue weighted by atomic mass is 35.7. The molecule has 0 aliphatic rings. The number of rotatable bonds is 2. The summed E-state index contributed by atoms with van der Waals surface area (Å²) in [5.74, 6) is 0. The van der Waals surface area contributed by atoms with Crippen molar-refractivity contribution in [3.05, 3.63) is 29.3 Å². The van der Waals surface area contributed by atoms with Gasteiger partial charge in [0.2, 0.25) is 0 Å². The highest BCUT2D eigenvalue weighted by Crippen LogP contribution is 2.49. The molecular weight excluding hydrogens is 214 g/mol. The molecule has 0 aliphatic heterocycles. The van der Waals surface area contributed by atoms with Gasteiger partial charge in [-0.1, -0.05) is 18.5 Å². The van der Waals surface area contributed by atoms with Gasteiger partial charge in [-0.25, -0.2) is 0 Å². The summed E-state index contributed by atoms with van der Waals surface area (Å²) in [6.07, 6.45) is 0.468. The molecule has 1 unspecified atom stereocenters. The number of hydrogen-bond donors (Lipinski definition) is 0. The molecule has 0 radical (unpaired) electrons. The Hall–Kier alpha value is 0.0300. The lowest BCUT2D eigenvalue weighted by Gasteiger charge is -2.06. The van der Waals surface area contributed by atoms with E-state index < -0.39 is 6.49 Å². The third-order valence-electron chi connectivity index (χ3n) is 1.62. The summed E-state index contributed by atoms with van der Waals surface area (Å²) in [6.45, 7) is -0.824. The van der Waals surface area contributed by atoms with Crippen molar-refractivity contribution in [3.8, 4) is 0 Å². The first-order valence-electron chi connectivity index (χ1n) is 3.61. The Morgan fingerprint density at radius 1 is 1.33 bits per heavy atom. The fraction of sp³-hybridized carbons (Fsp3) is 0.250. The van der Waals surface area contributed by atoms with E-state index in [0.717, 1.165) is 0 Å². The van der Waals surface area contributed by atoms with E-state index in [0.29, 0.717) is 16.5 Å². The maximum absolute atomic E-state index is 11.6. The molecule has 0 saturated heterocycles. The Morgan fingerprint density at radius 3 is 2.25 bits per heavy atom. The van der Waals surface area contributed by atoms with Gasteiger partial charge in [0.25, 0.3) is 0 Å². The molecule has 0 bridgehead atoms. The quantitative estimate of drug-likeness (QED) is 0.701. The van der Waals surface area contributed by atoms with E-state index in [1.165, 1.54) is 0 Å². The maximum Gasteiger partial charge on any atom is 0.197 e. The van der Waals surface area contributed by atoms with Crippen molar-refractivity contribution in [2.75, 3.05) is 6.16 Å². The SMILES string of the molecule is CCP(=O)(Cl)c1ccc(Cl)cc1. The lowest BCUT2D eigenvalue weighted by atomic mass is 10.4. The van der Waals surface area contributed by atoms with E-state index in [-0.39, 0.29) is 0 Å². The molecule has 0 aliphatic carbocycles. The molecule has 4 heteroatoms. The molecule has 12 heavy (non-hydrogen) atoms. The highest BCUT2D eigenvalue weighted by Gasteiger charge is 2.17. The van der Waals surface area contributed by atoms with Gasteiger partial charge in [0.1, 0.15) is 0 Å². The molecule has 1 nitrogen and oxygen atoms in total. The smallest absolute Gasteiger partial charge is 0.197 e. The summed E-state index contributed by atoms with van der Waals surface area (Å²) in [4.78, 5) is 0. The Kier molecular flexibility index (Phi) is 3.22. The second-order valence-electron chi connectivity index (χ2n) is 2.44. The van der Waals surface area contributed by atoms with Gasteiger partial charge >= 0.3 is 0 Å². The van der Waals surface area contributed by atoms with E-state index >= 15 is 0 Å². The highest BCUT2D eigenvalue weighted by molar-refractivity contribution is 7.95. The van der Waals surface area contributed by atoms with Gasteiger partial charge in [-0.2, -0.15) is 0 Å². The molecular formula is C8H9Cl2OP. The molecule has 0 fully saturated rings. The molecule has 66 valence electrons. The molecule has 0 N–H and O–H groups in total. The van der Waals surface area contributed by atoms with Gasteiger partial charge < -0.3 is 4.57 Å². The summed E-state index contributed by atoms with van der Waals surface area (Å²) in [5, 5.41) is 1.31. The zero-order valence-electron chi connectivity index (χ0n) is 6.63. The van der Waals surface area contributed by atoms with Crippen LogP contribution in [0, 0.1) is 0 Å². The summed E-state index contributed by atoms with van der Waals surface area (Å²) >= 11 is 11.5. The Bertz CT molecular complexity index is 307. The summed E-state index contributed by atoms with van der Waals surface area (Å²) < 4.78 is 11.6. The van der Waals surface area contributed by atoms with Gasteiger partial charge in [-0.3, -0.25) is 0 Å². The zero-order chi connectivity index (χ0) is 9.19. The van der Waals surface area contributed by atoms with Crippen LogP contribution in [-0.4, -0.2) is 6.16 Å². The summed E-state index contributed by atoms with van der Waals surface area (Å²) in [5.41, 5.74) is 0. The molecule has 0 amide bonds. The fourth-order valence-electron chi connectivity index (χ4n) is 0.846. The molecule has 0 heterocycles. The van der Waals surface area contributed by atoms with Crippen LogP contribution in [0.15, 0.2) is 24.3 Å². The maximum atomic E-state index is 11.6. The lowest BCUT2D eigenvalue weighted by Crippen LogP contribution is -2.00. The lowest BCUT2D eigenvalue weighted by molar-refractivity contribution is 0.590. The van der Waals surface area contributed by atoms with Crippen molar-refractivity contribution in [2.45, 2.75) is 6.92 Å². The van der Waals surface area contributed by atoms with Gasteiger partial charge in [-0.15, -0.1) is 0 Å². The number of benzene rings is 1. The Balaban J connectivity index is 3.05. The van der Waals surface area contributed by atoms with Crippen molar-refractivity contribution >= 4 is 34.6 Å². The van der Waals surface area contributed by atoms with E-state index in [1.54, 1.807) is 24.3 Å². The van der Waals surface area contributed by atoms with Crippen LogP contribution >= 0.6 is 29.3 Å². The van der Waals surface area contributed by atoms with Crippen LogP contribution in [-0.2, 0) is 4.57 Å². The minimum Gasteiger partial charge on any atom is -0.302 e. The van der Waals surface area contributed by atoms with Gasteiger partial charge in [-0.05, 0) is 35.5 Å². The standard InChI is InChI=1S/C8H9Cl2OP/c1-2-12(10,11)8-5-3-7(9)4-6-8/h3-6H,2H2,1H3. The average molecular weight is 223 g/mol. The van der Waals surface area contributed by atoms with Gasteiger partial charge in [0, 0.05) is 16.5 Å². The van der Waals surface area contributed by atoms with Crippen molar-refractivity contribution in [1.82, 2.24) is 0 Å². The predicted molar refractivity (Wildman–Crippen MR) is 55.1 cm³/mol. The monoisotopic (exact) mass is 222 g/mol. The fourth-order valence-corrected chi connectivity index (χ4v) is 2.27. The van der Waals surface area contributed by atoms with E-state index in [4.69, 9.17) is 22.8 Å². The Morgan fingerprint density at radius 2 is 1.83 bits per heavy atom.